The van der Waals surface area contributed by atoms with Crippen LogP contribution in [0.25, 0.3) is 0 Å². The number of aromatic nitrogens is 1. The first-order valence-electron chi connectivity index (χ1n) is 8.48. The molecule has 1 aliphatic rings. The lowest BCUT2D eigenvalue weighted by molar-refractivity contribution is -0.154. The topological polar surface area (TPSA) is 51.7 Å². The Kier molecular flexibility index (Phi) is 5.53. The molecule has 8 heteroatoms. The summed E-state index contributed by atoms with van der Waals surface area (Å²) in [5, 5.41) is 0. The van der Waals surface area contributed by atoms with E-state index < -0.39 is 12.8 Å². The SMILES string of the molecule is COc1ccc([C@H]2CCCN2C(=O)c2ccc(OCC(F)(F)F)nc2)cc1. The van der Waals surface area contributed by atoms with Crippen LogP contribution in [0, 0.1) is 0 Å². The van der Waals surface area contributed by atoms with Crippen molar-refractivity contribution < 1.29 is 27.4 Å². The summed E-state index contributed by atoms with van der Waals surface area (Å²) in [6, 6.07) is 10.2. The van der Waals surface area contributed by atoms with Gasteiger partial charge in [-0.15, -0.1) is 0 Å². The van der Waals surface area contributed by atoms with Crippen molar-refractivity contribution in [2.75, 3.05) is 20.3 Å². The van der Waals surface area contributed by atoms with Crippen molar-refractivity contribution in [1.82, 2.24) is 9.88 Å². The first-order chi connectivity index (χ1) is 12.9. The number of nitrogens with zero attached hydrogens (tertiary/aromatic N) is 2. The summed E-state index contributed by atoms with van der Waals surface area (Å²) >= 11 is 0. The average molecular weight is 380 g/mol. The van der Waals surface area contributed by atoms with Gasteiger partial charge < -0.3 is 14.4 Å². The molecule has 0 N–H and O–H groups in total. The van der Waals surface area contributed by atoms with E-state index >= 15 is 0 Å². The minimum atomic E-state index is -4.43. The fraction of sp³-hybridized carbons (Fsp3) is 0.368. The molecule has 2 aromatic rings. The third-order valence-corrected chi connectivity index (χ3v) is 4.38. The Morgan fingerprint density at radius 1 is 1.22 bits per heavy atom. The Hall–Kier alpha value is -2.77. The molecule has 2 heterocycles. The number of likely N-dealkylation sites (tertiary alicyclic amines) is 1. The lowest BCUT2D eigenvalue weighted by Crippen LogP contribution is -2.30. The van der Waals surface area contributed by atoms with Crippen LogP contribution in [-0.4, -0.2) is 42.2 Å². The maximum Gasteiger partial charge on any atom is 0.422 e. The molecule has 0 spiro atoms. The summed E-state index contributed by atoms with van der Waals surface area (Å²) in [5.74, 6) is 0.369. The van der Waals surface area contributed by atoms with E-state index in [2.05, 4.69) is 9.72 Å². The van der Waals surface area contributed by atoms with Gasteiger partial charge in [-0.05, 0) is 36.6 Å². The van der Waals surface area contributed by atoms with Crippen molar-refractivity contribution in [3.63, 3.8) is 0 Å². The molecule has 0 aliphatic carbocycles. The summed E-state index contributed by atoms with van der Waals surface area (Å²) in [5.41, 5.74) is 1.33. The van der Waals surface area contributed by atoms with E-state index in [0.717, 1.165) is 24.2 Å². The molecular formula is C19H19F3N2O3. The lowest BCUT2D eigenvalue weighted by Gasteiger charge is -2.25. The first-order valence-corrected chi connectivity index (χ1v) is 8.48. The van der Waals surface area contributed by atoms with E-state index in [1.807, 2.05) is 24.3 Å². The molecule has 1 fully saturated rings. The molecule has 144 valence electrons. The van der Waals surface area contributed by atoms with Crippen LogP contribution in [-0.2, 0) is 0 Å². The molecule has 27 heavy (non-hydrogen) atoms. The summed E-state index contributed by atoms with van der Waals surface area (Å²) < 4.78 is 46.3. The minimum absolute atomic E-state index is 0.0513. The fourth-order valence-electron chi connectivity index (χ4n) is 3.10. The Balaban J connectivity index is 1.70. The summed E-state index contributed by atoms with van der Waals surface area (Å²) in [6.45, 7) is -0.805. The van der Waals surface area contributed by atoms with Crippen LogP contribution in [0.5, 0.6) is 11.6 Å². The number of methoxy groups -OCH3 is 1. The Morgan fingerprint density at radius 3 is 2.56 bits per heavy atom. The number of alkyl halides is 3. The van der Waals surface area contributed by atoms with Gasteiger partial charge in [0.05, 0.1) is 18.7 Å². The molecule has 1 amide bonds. The smallest absolute Gasteiger partial charge is 0.422 e. The van der Waals surface area contributed by atoms with E-state index in [1.165, 1.54) is 18.3 Å². The van der Waals surface area contributed by atoms with Crippen LogP contribution in [0.1, 0.15) is 34.8 Å². The van der Waals surface area contributed by atoms with Crippen molar-refractivity contribution in [2.24, 2.45) is 0 Å². The monoisotopic (exact) mass is 380 g/mol. The quantitative estimate of drug-likeness (QED) is 0.787. The molecule has 0 saturated carbocycles. The summed E-state index contributed by atoms with van der Waals surface area (Å²) in [4.78, 5) is 18.4. The fourth-order valence-corrected chi connectivity index (χ4v) is 3.10. The normalized spacial score (nSPS) is 17.0. The zero-order valence-corrected chi connectivity index (χ0v) is 14.7. The second-order valence-electron chi connectivity index (χ2n) is 6.22. The van der Waals surface area contributed by atoms with Crippen LogP contribution < -0.4 is 9.47 Å². The number of rotatable bonds is 5. The standard InChI is InChI=1S/C19H19F3N2O3/c1-26-15-7-4-13(5-8-15)16-3-2-10-24(16)18(25)14-6-9-17(23-11-14)27-12-19(20,21)22/h4-9,11,16H,2-3,10,12H2,1H3/t16-/m1/s1. The number of hydrogen-bond acceptors (Lipinski definition) is 4. The van der Waals surface area contributed by atoms with E-state index in [-0.39, 0.29) is 17.8 Å². The van der Waals surface area contributed by atoms with Gasteiger partial charge in [-0.2, -0.15) is 13.2 Å². The Morgan fingerprint density at radius 2 is 1.96 bits per heavy atom. The van der Waals surface area contributed by atoms with Crippen LogP contribution in [0.2, 0.25) is 0 Å². The van der Waals surface area contributed by atoms with E-state index in [4.69, 9.17) is 4.74 Å². The molecule has 1 saturated heterocycles. The molecule has 0 bridgehead atoms. The van der Waals surface area contributed by atoms with E-state index in [1.54, 1.807) is 12.0 Å². The molecule has 0 unspecified atom stereocenters. The highest BCUT2D eigenvalue weighted by Crippen LogP contribution is 2.34. The molecule has 1 aliphatic heterocycles. The van der Waals surface area contributed by atoms with Crippen molar-refractivity contribution in [1.29, 1.82) is 0 Å². The molecule has 3 rings (SSSR count). The number of ether oxygens (including phenoxy) is 2. The van der Waals surface area contributed by atoms with Gasteiger partial charge in [0.15, 0.2) is 6.61 Å². The Bertz CT molecular complexity index is 776. The van der Waals surface area contributed by atoms with E-state index in [0.29, 0.717) is 12.1 Å². The van der Waals surface area contributed by atoms with Crippen molar-refractivity contribution in [2.45, 2.75) is 25.1 Å². The van der Waals surface area contributed by atoms with Crippen molar-refractivity contribution in [3.8, 4) is 11.6 Å². The van der Waals surface area contributed by atoms with Crippen LogP contribution in [0.15, 0.2) is 42.6 Å². The summed E-state index contributed by atoms with van der Waals surface area (Å²) in [7, 11) is 1.59. The number of halogens is 3. The molecule has 1 aromatic heterocycles. The third-order valence-electron chi connectivity index (χ3n) is 4.38. The average Bonchev–Trinajstić information content (AvgIpc) is 3.15. The number of pyridine rings is 1. The van der Waals surface area contributed by atoms with Gasteiger partial charge in [0.25, 0.3) is 5.91 Å². The number of amides is 1. The van der Waals surface area contributed by atoms with Gasteiger partial charge in [0, 0.05) is 18.8 Å². The highest BCUT2D eigenvalue weighted by Gasteiger charge is 2.31. The third kappa shape index (κ3) is 4.69. The molecule has 1 aromatic carbocycles. The first kappa shape index (κ1) is 19.0. The molecular weight excluding hydrogens is 361 g/mol. The second-order valence-corrected chi connectivity index (χ2v) is 6.22. The van der Waals surface area contributed by atoms with Gasteiger partial charge in [-0.3, -0.25) is 4.79 Å². The molecule has 5 nitrogen and oxygen atoms in total. The Labute approximate surface area is 154 Å². The molecule has 1 atom stereocenters. The van der Waals surface area contributed by atoms with Crippen LogP contribution >= 0.6 is 0 Å². The van der Waals surface area contributed by atoms with Gasteiger partial charge >= 0.3 is 6.18 Å². The zero-order chi connectivity index (χ0) is 19.4. The highest BCUT2D eigenvalue weighted by atomic mass is 19.4. The maximum absolute atomic E-state index is 12.8. The largest absolute Gasteiger partial charge is 0.497 e. The van der Waals surface area contributed by atoms with Gasteiger partial charge in [-0.25, -0.2) is 4.98 Å². The molecule has 0 radical (unpaired) electrons. The van der Waals surface area contributed by atoms with Crippen LogP contribution in [0.4, 0.5) is 13.2 Å². The number of hydrogen-bond donors (Lipinski definition) is 0. The lowest BCUT2D eigenvalue weighted by atomic mass is 10.0. The number of benzene rings is 1. The predicted octanol–water partition coefficient (Wildman–Crippen LogP) is 4.01. The second kappa shape index (κ2) is 7.85. The number of carbonyl (C=O) groups is 1. The maximum atomic E-state index is 12.8. The zero-order valence-electron chi connectivity index (χ0n) is 14.7. The number of carbonyl (C=O) groups excluding carboxylic acids is 1. The predicted molar refractivity (Wildman–Crippen MR) is 91.8 cm³/mol. The van der Waals surface area contributed by atoms with Gasteiger partial charge in [-0.1, -0.05) is 12.1 Å². The van der Waals surface area contributed by atoms with Gasteiger partial charge in [0.1, 0.15) is 5.75 Å². The van der Waals surface area contributed by atoms with Crippen LogP contribution in [0.3, 0.4) is 0 Å². The highest BCUT2D eigenvalue weighted by molar-refractivity contribution is 5.94. The van der Waals surface area contributed by atoms with Gasteiger partial charge in [0.2, 0.25) is 5.88 Å². The summed E-state index contributed by atoms with van der Waals surface area (Å²) in [6.07, 6.45) is -1.46. The van der Waals surface area contributed by atoms with Crippen molar-refractivity contribution >= 4 is 5.91 Å². The van der Waals surface area contributed by atoms with Crippen molar-refractivity contribution in [3.05, 3.63) is 53.7 Å². The minimum Gasteiger partial charge on any atom is -0.497 e. The van der Waals surface area contributed by atoms with E-state index in [9.17, 15) is 18.0 Å².